The number of aromatic nitrogens is 1. The number of carbonyl (C=O) groups is 1. The quantitative estimate of drug-likeness (QED) is 0.637. The third-order valence-corrected chi connectivity index (χ3v) is 8.30. The summed E-state index contributed by atoms with van der Waals surface area (Å²) in [5.41, 5.74) is -1.56. The van der Waals surface area contributed by atoms with Crippen molar-refractivity contribution in [2.45, 2.75) is 42.0 Å². The van der Waals surface area contributed by atoms with E-state index in [1.807, 2.05) is 0 Å². The summed E-state index contributed by atoms with van der Waals surface area (Å²) in [6.07, 6.45) is -2.59. The summed E-state index contributed by atoms with van der Waals surface area (Å²) in [6, 6.07) is 8.94. The summed E-state index contributed by atoms with van der Waals surface area (Å²) in [7, 11) is -4.13. The van der Waals surface area contributed by atoms with Gasteiger partial charge in [-0.05, 0) is 49.6 Å². The normalized spacial score (nSPS) is 21.3. The molecule has 0 bridgehead atoms. The second-order valence-electron chi connectivity index (χ2n) is 8.74. The molecule has 1 N–H and O–H groups in total. The molecule has 2 saturated heterocycles. The van der Waals surface area contributed by atoms with Gasteiger partial charge < -0.3 is 14.7 Å². The van der Waals surface area contributed by atoms with E-state index in [-0.39, 0.29) is 25.6 Å². The summed E-state index contributed by atoms with van der Waals surface area (Å²) in [6.45, 7) is 0.444. The first-order chi connectivity index (χ1) is 16.5. The fourth-order valence-corrected chi connectivity index (χ4v) is 5.87. The number of hydrogen-bond donors (Lipinski definition) is 1. The van der Waals surface area contributed by atoms with Gasteiger partial charge in [-0.1, -0.05) is 12.1 Å². The molecule has 0 spiro atoms. The van der Waals surface area contributed by atoms with Gasteiger partial charge in [0.25, 0.3) is 0 Å². The number of sulfonamides is 1. The van der Waals surface area contributed by atoms with Crippen LogP contribution >= 0.6 is 0 Å². The molecule has 12 heteroatoms. The Bertz CT molecular complexity index is 1150. The van der Waals surface area contributed by atoms with E-state index in [0.717, 1.165) is 22.5 Å². The van der Waals surface area contributed by atoms with Crippen molar-refractivity contribution in [3.63, 3.8) is 0 Å². The molecule has 1 aromatic carbocycles. The van der Waals surface area contributed by atoms with Crippen LogP contribution < -0.4 is 0 Å². The average molecular weight is 514 g/mol. The lowest BCUT2D eigenvalue weighted by molar-refractivity contribution is -0.142. The van der Waals surface area contributed by atoms with Gasteiger partial charge in [0.1, 0.15) is 12.2 Å². The molecule has 3 heterocycles. The summed E-state index contributed by atoms with van der Waals surface area (Å²) < 4.78 is 71.3. The standard InChI is InChI=1S/C23H26F3N3O5S/c24-23(25,26)17-4-3-5-19(14-17)35(32,33)29-11-7-18(15-29)34-16-21(30)28-12-8-22(31,9-13-28)20-6-1-2-10-27-20/h1-6,10,14,18,31H,7-9,11-13,15-16H2. The Morgan fingerprint density at radius 3 is 2.54 bits per heavy atom. The van der Waals surface area contributed by atoms with E-state index in [1.54, 1.807) is 29.3 Å². The van der Waals surface area contributed by atoms with Crippen LogP contribution in [-0.4, -0.2) is 72.5 Å². The van der Waals surface area contributed by atoms with E-state index in [9.17, 15) is 31.5 Å². The van der Waals surface area contributed by atoms with Crippen LogP contribution in [0.5, 0.6) is 0 Å². The van der Waals surface area contributed by atoms with Gasteiger partial charge in [0.2, 0.25) is 15.9 Å². The minimum absolute atomic E-state index is 0.0503. The van der Waals surface area contributed by atoms with Gasteiger partial charge >= 0.3 is 6.18 Å². The summed E-state index contributed by atoms with van der Waals surface area (Å²) >= 11 is 0. The molecule has 35 heavy (non-hydrogen) atoms. The van der Waals surface area contributed by atoms with Gasteiger partial charge in [0.05, 0.1) is 22.3 Å². The number of alkyl halides is 3. The number of piperidine rings is 1. The Balaban J connectivity index is 1.29. The lowest BCUT2D eigenvalue weighted by Gasteiger charge is -2.37. The minimum Gasteiger partial charge on any atom is -0.383 e. The number of amides is 1. The molecule has 1 aromatic heterocycles. The second kappa shape index (κ2) is 9.84. The van der Waals surface area contributed by atoms with E-state index in [2.05, 4.69) is 4.98 Å². The number of pyridine rings is 1. The first-order valence-electron chi connectivity index (χ1n) is 11.2. The SMILES string of the molecule is O=C(COC1CCN(S(=O)(=O)c2cccc(C(F)(F)F)c2)C1)N1CCC(O)(c2ccccn2)CC1. The van der Waals surface area contributed by atoms with Gasteiger partial charge in [0.15, 0.2) is 0 Å². The largest absolute Gasteiger partial charge is 0.416 e. The maximum absolute atomic E-state index is 13.0. The van der Waals surface area contributed by atoms with Crippen molar-refractivity contribution < 1.29 is 36.2 Å². The van der Waals surface area contributed by atoms with Crippen LogP contribution in [0.1, 0.15) is 30.5 Å². The zero-order valence-electron chi connectivity index (χ0n) is 18.8. The van der Waals surface area contributed by atoms with E-state index in [4.69, 9.17) is 4.74 Å². The number of halogens is 3. The van der Waals surface area contributed by atoms with E-state index < -0.39 is 38.4 Å². The highest BCUT2D eigenvalue weighted by Gasteiger charge is 2.38. The summed E-state index contributed by atoms with van der Waals surface area (Å²) in [4.78, 5) is 18.0. The van der Waals surface area contributed by atoms with Crippen molar-refractivity contribution in [2.75, 3.05) is 32.8 Å². The number of likely N-dealkylation sites (tertiary alicyclic amines) is 1. The van der Waals surface area contributed by atoms with Crippen molar-refractivity contribution in [3.8, 4) is 0 Å². The first-order valence-corrected chi connectivity index (χ1v) is 12.6. The lowest BCUT2D eigenvalue weighted by atomic mass is 9.88. The fraction of sp³-hybridized carbons (Fsp3) is 0.478. The Hall–Kier alpha value is -2.54. The van der Waals surface area contributed by atoms with Gasteiger partial charge in [-0.3, -0.25) is 9.78 Å². The van der Waals surface area contributed by atoms with Crippen molar-refractivity contribution in [1.29, 1.82) is 0 Å². The molecule has 2 fully saturated rings. The van der Waals surface area contributed by atoms with Crippen LogP contribution in [0.3, 0.4) is 0 Å². The maximum atomic E-state index is 13.0. The lowest BCUT2D eigenvalue weighted by Crippen LogP contribution is -2.47. The Morgan fingerprint density at radius 1 is 1.14 bits per heavy atom. The molecule has 1 amide bonds. The van der Waals surface area contributed by atoms with Crippen molar-refractivity contribution in [1.82, 2.24) is 14.2 Å². The van der Waals surface area contributed by atoms with E-state index in [0.29, 0.717) is 44.1 Å². The molecule has 1 unspecified atom stereocenters. The number of hydrogen-bond acceptors (Lipinski definition) is 6. The molecule has 0 radical (unpaired) electrons. The number of rotatable bonds is 6. The summed E-state index contributed by atoms with van der Waals surface area (Å²) in [5, 5.41) is 10.8. The molecule has 2 aromatic rings. The molecular weight excluding hydrogens is 487 g/mol. The van der Waals surface area contributed by atoms with Crippen molar-refractivity contribution in [2.24, 2.45) is 0 Å². The number of carbonyl (C=O) groups excluding carboxylic acids is 1. The maximum Gasteiger partial charge on any atom is 0.416 e. The summed E-state index contributed by atoms with van der Waals surface area (Å²) in [5.74, 6) is -0.271. The van der Waals surface area contributed by atoms with Crippen LogP contribution in [0.4, 0.5) is 13.2 Å². The molecule has 0 aliphatic carbocycles. The van der Waals surface area contributed by atoms with E-state index >= 15 is 0 Å². The van der Waals surface area contributed by atoms with Gasteiger partial charge in [-0.15, -0.1) is 0 Å². The predicted molar refractivity (Wildman–Crippen MR) is 119 cm³/mol. The van der Waals surface area contributed by atoms with Crippen molar-refractivity contribution in [3.05, 3.63) is 59.9 Å². The van der Waals surface area contributed by atoms with Crippen LogP contribution in [-0.2, 0) is 31.3 Å². The third kappa shape index (κ3) is 5.66. The first kappa shape index (κ1) is 25.5. The number of aliphatic hydroxyl groups is 1. The molecule has 2 aliphatic rings. The van der Waals surface area contributed by atoms with Crippen LogP contribution in [0.2, 0.25) is 0 Å². The highest BCUT2D eigenvalue weighted by Crippen LogP contribution is 2.33. The Labute approximate surface area is 201 Å². The minimum atomic E-state index is -4.65. The predicted octanol–water partition coefficient (Wildman–Crippen LogP) is 2.39. The average Bonchev–Trinajstić information content (AvgIpc) is 3.33. The van der Waals surface area contributed by atoms with Crippen LogP contribution in [0.15, 0.2) is 53.6 Å². The van der Waals surface area contributed by atoms with Gasteiger partial charge in [-0.25, -0.2) is 8.42 Å². The number of benzene rings is 1. The highest BCUT2D eigenvalue weighted by molar-refractivity contribution is 7.89. The van der Waals surface area contributed by atoms with Crippen LogP contribution in [0, 0.1) is 0 Å². The molecule has 4 rings (SSSR count). The Morgan fingerprint density at radius 2 is 1.89 bits per heavy atom. The van der Waals surface area contributed by atoms with Gasteiger partial charge in [-0.2, -0.15) is 17.5 Å². The third-order valence-electron chi connectivity index (χ3n) is 6.43. The zero-order chi connectivity index (χ0) is 25.3. The number of ether oxygens (including phenoxy) is 1. The van der Waals surface area contributed by atoms with E-state index in [1.165, 1.54) is 0 Å². The molecular formula is C23H26F3N3O5S. The monoisotopic (exact) mass is 513 g/mol. The molecule has 8 nitrogen and oxygen atoms in total. The number of nitrogens with zero attached hydrogens (tertiary/aromatic N) is 3. The molecule has 190 valence electrons. The molecule has 0 saturated carbocycles. The zero-order valence-corrected chi connectivity index (χ0v) is 19.6. The smallest absolute Gasteiger partial charge is 0.383 e. The second-order valence-corrected chi connectivity index (χ2v) is 10.7. The van der Waals surface area contributed by atoms with Crippen molar-refractivity contribution >= 4 is 15.9 Å². The van der Waals surface area contributed by atoms with Gasteiger partial charge in [0, 0.05) is 32.4 Å². The molecule has 1 atom stereocenters. The van der Waals surface area contributed by atoms with Crippen LogP contribution in [0.25, 0.3) is 0 Å². The topological polar surface area (TPSA) is 100 Å². The fourth-order valence-electron chi connectivity index (χ4n) is 4.33. The highest BCUT2D eigenvalue weighted by atomic mass is 32.2. The Kier molecular flexibility index (Phi) is 7.18. The molecule has 2 aliphatic heterocycles.